The van der Waals surface area contributed by atoms with E-state index in [9.17, 15) is 0 Å². The Labute approximate surface area is 118 Å². The molecule has 1 unspecified atom stereocenters. The molecule has 0 radical (unpaired) electrons. The zero-order chi connectivity index (χ0) is 13.6. The van der Waals surface area contributed by atoms with Gasteiger partial charge in [0.25, 0.3) is 0 Å². The molecule has 1 aliphatic carbocycles. The lowest BCUT2D eigenvalue weighted by Crippen LogP contribution is -2.37. The highest BCUT2D eigenvalue weighted by atomic mass is 35.5. The van der Waals surface area contributed by atoms with Crippen LogP contribution in [0.3, 0.4) is 0 Å². The first-order valence-corrected chi connectivity index (χ1v) is 6.94. The number of rotatable bonds is 2. The number of aryl methyl sites for hydroxylation is 3. The number of halogens is 1. The van der Waals surface area contributed by atoms with E-state index >= 15 is 0 Å². The molecular formula is C15H18ClN3. The lowest BCUT2D eigenvalue weighted by Gasteiger charge is -2.25. The van der Waals surface area contributed by atoms with E-state index in [0.29, 0.717) is 0 Å². The van der Waals surface area contributed by atoms with Gasteiger partial charge in [-0.1, -0.05) is 35.9 Å². The summed E-state index contributed by atoms with van der Waals surface area (Å²) >= 11 is 6.34. The molecule has 0 fully saturated rings. The summed E-state index contributed by atoms with van der Waals surface area (Å²) in [5, 5.41) is 5.12. The maximum absolute atomic E-state index is 6.65. The molecule has 2 aromatic rings. The van der Waals surface area contributed by atoms with Crippen molar-refractivity contribution in [1.82, 2.24) is 9.78 Å². The number of nitrogens with two attached hydrogens (primary N) is 1. The average Bonchev–Trinajstić information content (AvgIpc) is 2.84. The highest BCUT2D eigenvalue weighted by Crippen LogP contribution is 2.38. The van der Waals surface area contributed by atoms with Crippen LogP contribution in [0.25, 0.3) is 0 Å². The highest BCUT2D eigenvalue weighted by Gasteiger charge is 2.36. The van der Waals surface area contributed by atoms with E-state index in [-0.39, 0.29) is 5.54 Å². The molecule has 19 heavy (non-hydrogen) atoms. The lowest BCUT2D eigenvalue weighted by atomic mass is 9.88. The van der Waals surface area contributed by atoms with Crippen LogP contribution >= 0.6 is 11.6 Å². The molecule has 100 valence electrons. The van der Waals surface area contributed by atoms with Crippen LogP contribution in [0.15, 0.2) is 24.3 Å². The fraction of sp³-hybridized carbons (Fsp3) is 0.400. The number of hydrogen-bond donors (Lipinski definition) is 1. The monoisotopic (exact) mass is 275 g/mol. The van der Waals surface area contributed by atoms with Gasteiger partial charge in [-0.15, -0.1) is 0 Å². The minimum atomic E-state index is -0.319. The van der Waals surface area contributed by atoms with Crippen LogP contribution in [-0.4, -0.2) is 9.78 Å². The van der Waals surface area contributed by atoms with Gasteiger partial charge in [0.05, 0.1) is 16.4 Å². The SMILES string of the molecule is Cc1nn(C)c(CC2(N)CCc3ccccc32)c1Cl. The van der Waals surface area contributed by atoms with E-state index in [4.69, 9.17) is 17.3 Å². The van der Waals surface area contributed by atoms with E-state index in [1.165, 1.54) is 11.1 Å². The molecule has 0 aliphatic heterocycles. The summed E-state index contributed by atoms with van der Waals surface area (Å²) < 4.78 is 1.85. The molecule has 0 bridgehead atoms. The normalized spacial score (nSPS) is 21.7. The smallest absolute Gasteiger partial charge is 0.0847 e. The van der Waals surface area contributed by atoms with Gasteiger partial charge in [-0.2, -0.15) is 5.10 Å². The Morgan fingerprint density at radius 3 is 2.84 bits per heavy atom. The lowest BCUT2D eigenvalue weighted by molar-refractivity contribution is 0.425. The fourth-order valence-corrected chi connectivity index (χ4v) is 3.30. The Bertz CT molecular complexity index is 632. The Morgan fingerprint density at radius 2 is 2.16 bits per heavy atom. The van der Waals surface area contributed by atoms with Gasteiger partial charge in [0.15, 0.2) is 0 Å². The number of fused-ring (bicyclic) bond motifs is 1. The van der Waals surface area contributed by atoms with Crippen LogP contribution in [0, 0.1) is 6.92 Å². The number of nitrogens with zero attached hydrogens (tertiary/aromatic N) is 2. The zero-order valence-electron chi connectivity index (χ0n) is 11.3. The fourth-order valence-electron chi connectivity index (χ4n) is 3.07. The summed E-state index contributed by atoms with van der Waals surface area (Å²) in [4.78, 5) is 0. The van der Waals surface area contributed by atoms with E-state index in [1.54, 1.807) is 0 Å². The van der Waals surface area contributed by atoms with Crippen molar-refractivity contribution in [1.29, 1.82) is 0 Å². The van der Waals surface area contributed by atoms with Crippen LogP contribution < -0.4 is 5.73 Å². The summed E-state index contributed by atoms with van der Waals surface area (Å²) in [5.41, 5.74) is 10.8. The Kier molecular flexibility index (Phi) is 2.91. The first kappa shape index (κ1) is 12.7. The maximum Gasteiger partial charge on any atom is 0.0847 e. The van der Waals surface area contributed by atoms with Gasteiger partial charge in [0.2, 0.25) is 0 Å². The standard InChI is InChI=1S/C15H18ClN3/c1-10-14(16)13(19(2)18-10)9-15(17)8-7-11-5-3-4-6-12(11)15/h3-6H,7-9,17H2,1-2H3. The second-order valence-electron chi connectivity index (χ2n) is 5.46. The summed E-state index contributed by atoms with van der Waals surface area (Å²) in [6.07, 6.45) is 2.74. The molecule has 0 spiro atoms. The van der Waals surface area contributed by atoms with Crippen LogP contribution in [0.5, 0.6) is 0 Å². The predicted molar refractivity (Wildman–Crippen MR) is 77.3 cm³/mol. The molecule has 1 atom stereocenters. The molecule has 3 nitrogen and oxygen atoms in total. The van der Waals surface area contributed by atoms with Crippen molar-refractivity contribution in [2.75, 3.05) is 0 Å². The quantitative estimate of drug-likeness (QED) is 0.916. The van der Waals surface area contributed by atoms with Crippen LogP contribution in [0.2, 0.25) is 5.02 Å². The highest BCUT2D eigenvalue weighted by molar-refractivity contribution is 6.31. The van der Waals surface area contributed by atoms with Crippen molar-refractivity contribution >= 4 is 11.6 Å². The van der Waals surface area contributed by atoms with Gasteiger partial charge < -0.3 is 5.73 Å². The van der Waals surface area contributed by atoms with E-state index in [1.807, 2.05) is 18.7 Å². The van der Waals surface area contributed by atoms with Crippen molar-refractivity contribution in [3.63, 3.8) is 0 Å². The molecule has 0 saturated carbocycles. The first-order chi connectivity index (χ1) is 9.01. The van der Waals surface area contributed by atoms with E-state index < -0.39 is 0 Å². The van der Waals surface area contributed by atoms with Crippen molar-refractivity contribution in [2.45, 2.75) is 31.7 Å². The average molecular weight is 276 g/mol. The minimum Gasteiger partial charge on any atom is -0.321 e. The second kappa shape index (κ2) is 4.36. The summed E-state index contributed by atoms with van der Waals surface area (Å²) in [5.74, 6) is 0. The third-order valence-corrected chi connectivity index (χ3v) is 4.63. The third-order valence-electron chi connectivity index (χ3n) is 4.14. The Hall–Kier alpha value is -1.32. The van der Waals surface area contributed by atoms with Crippen molar-refractivity contribution in [3.8, 4) is 0 Å². The van der Waals surface area contributed by atoms with Crippen molar-refractivity contribution in [2.24, 2.45) is 12.8 Å². The van der Waals surface area contributed by atoms with Gasteiger partial charge in [-0.05, 0) is 30.9 Å². The topological polar surface area (TPSA) is 43.8 Å². The predicted octanol–water partition coefficient (Wildman–Crippen LogP) is 2.72. The van der Waals surface area contributed by atoms with Gasteiger partial charge >= 0.3 is 0 Å². The van der Waals surface area contributed by atoms with Gasteiger partial charge in [0.1, 0.15) is 0 Å². The van der Waals surface area contributed by atoms with Crippen molar-refractivity contribution < 1.29 is 0 Å². The minimum absolute atomic E-state index is 0.319. The summed E-state index contributed by atoms with van der Waals surface area (Å²) in [6.45, 7) is 1.93. The van der Waals surface area contributed by atoms with E-state index in [0.717, 1.165) is 35.7 Å². The first-order valence-electron chi connectivity index (χ1n) is 6.56. The Morgan fingerprint density at radius 1 is 1.42 bits per heavy atom. The van der Waals surface area contributed by atoms with Crippen LogP contribution in [0.1, 0.15) is 28.9 Å². The summed E-state index contributed by atoms with van der Waals surface area (Å²) in [7, 11) is 1.93. The molecule has 2 N–H and O–H groups in total. The number of benzene rings is 1. The summed E-state index contributed by atoms with van der Waals surface area (Å²) in [6, 6.07) is 8.44. The van der Waals surface area contributed by atoms with Crippen LogP contribution in [0.4, 0.5) is 0 Å². The largest absolute Gasteiger partial charge is 0.321 e. The third kappa shape index (κ3) is 1.97. The second-order valence-corrected chi connectivity index (χ2v) is 5.84. The van der Waals surface area contributed by atoms with Gasteiger partial charge in [-0.25, -0.2) is 0 Å². The number of hydrogen-bond acceptors (Lipinski definition) is 2. The molecule has 1 aromatic heterocycles. The molecular weight excluding hydrogens is 258 g/mol. The van der Waals surface area contributed by atoms with Gasteiger partial charge in [-0.3, -0.25) is 4.68 Å². The molecule has 0 amide bonds. The molecule has 0 saturated heterocycles. The molecule has 1 aliphatic rings. The van der Waals surface area contributed by atoms with Crippen molar-refractivity contribution in [3.05, 3.63) is 51.8 Å². The van der Waals surface area contributed by atoms with E-state index in [2.05, 4.69) is 29.4 Å². The zero-order valence-corrected chi connectivity index (χ0v) is 12.0. The van der Waals surface area contributed by atoms with Gasteiger partial charge in [0, 0.05) is 19.0 Å². The van der Waals surface area contributed by atoms with Crippen LogP contribution in [-0.2, 0) is 25.4 Å². The molecule has 3 rings (SSSR count). The number of aromatic nitrogens is 2. The Balaban J connectivity index is 2.00. The molecule has 1 heterocycles. The maximum atomic E-state index is 6.65. The molecule has 4 heteroatoms. The molecule has 1 aromatic carbocycles.